The predicted molar refractivity (Wildman–Crippen MR) is 82.4 cm³/mol. The summed E-state index contributed by atoms with van der Waals surface area (Å²) >= 11 is 0. The third-order valence-electron chi connectivity index (χ3n) is 4.99. The van der Waals surface area contributed by atoms with Crippen LogP contribution in [0.2, 0.25) is 0 Å². The third-order valence-corrected chi connectivity index (χ3v) is 4.99. The van der Waals surface area contributed by atoms with Gasteiger partial charge in [0.05, 0.1) is 0 Å². The smallest absolute Gasteiger partial charge is 0.226 e. The zero-order valence-electron chi connectivity index (χ0n) is 13.6. The molecule has 6 nitrogen and oxygen atoms in total. The number of aromatic nitrogens is 2. The summed E-state index contributed by atoms with van der Waals surface area (Å²) in [7, 11) is 2.19. The molecule has 3 rings (SSSR count). The lowest BCUT2D eigenvalue weighted by atomic mass is 10.0. The Morgan fingerprint density at radius 3 is 2.73 bits per heavy atom. The summed E-state index contributed by atoms with van der Waals surface area (Å²) in [6.45, 7) is 3.90. The molecule has 122 valence electrons. The maximum atomic E-state index is 12.6. The van der Waals surface area contributed by atoms with Crippen molar-refractivity contribution in [3.05, 3.63) is 11.7 Å². The maximum absolute atomic E-state index is 12.6. The van der Waals surface area contributed by atoms with E-state index in [1.165, 1.54) is 19.4 Å². The van der Waals surface area contributed by atoms with Crippen molar-refractivity contribution in [2.45, 2.75) is 64.0 Å². The van der Waals surface area contributed by atoms with Gasteiger partial charge in [-0.1, -0.05) is 5.16 Å². The van der Waals surface area contributed by atoms with E-state index < -0.39 is 0 Å². The largest absolute Gasteiger partial charge is 0.339 e. The summed E-state index contributed by atoms with van der Waals surface area (Å²) in [5.41, 5.74) is 0. The normalized spacial score (nSPS) is 26.0. The van der Waals surface area contributed by atoms with Crippen molar-refractivity contribution in [1.82, 2.24) is 19.9 Å². The van der Waals surface area contributed by atoms with Gasteiger partial charge in [0, 0.05) is 31.5 Å². The summed E-state index contributed by atoms with van der Waals surface area (Å²) < 4.78 is 5.10. The number of hydrogen-bond acceptors (Lipinski definition) is 5. The van der Waals surface area contributed by atoms with Crippen LogP contribution in [0, 0.1) is 6.92 Å². The number of amides is 1. The van der Waals surface area contributed by atoms with Gasteiger partial charge in [0.1, 0.15) is 0 Å². The molecule has 2 fully saturated rings. The van der Waals surface area contributed by atoms with Gasteiger partial charge in [-0.05, 0) is 52.6 Å². The average Bonchev–Trinajstić information content (AvgIpc) is 3.19. The van der Waals surface area contributed by atoms with Gasteiger partial charge in [0.2, 0.25) is 11.8 Å². The second-order valence-electron chi connectivity index (χ2n) is 6.58. The van der Waals surface area contributed by atoms with E-state index in [2.05, 4.69) is 27.0 Å². The minimum Gasteiger partial charge on any atom is -0.339 e. The Morgan fingerprint density at radius 1 is 1.27 bits per heavy atom. The molecule has 0 N–H and O–H groups in total. The van der Waals surface area contributed by atoms with Gasteiger partial charge >= 0.3 is 0 Å². The molecule has 0 bridgehead atoms. The first-order valence-electron chi connectivity index (χ1n) is 8.44. The Morgan fingerprint density at radius 2 is 2.05 bits per heavy atom. The van der Waals surface area contributed by atoms with Crippen molar-refractivity contribution in [2.24, 2.45) is 0 Å². The molecule has 2 atom stereocenters. The van der Waals surface area contributed by atoms with Gasteiger partial charge in [-0.3, -0.25) is 4.79 Å². The minimum atomic E-state index is 0.291. The first-order chi connectivity index (χ1) is 10.6. The van der Waals surface area contributed by atoms with Crippen molar-refractivity contribution >= 4 is 5.91 Å². The molecule has 2 aliphatic rings. The average molecular weight is 306 g/mol. The Kier molecular flexibility index (Phi) is 4.76. The van der Waals surface area contributed by atoms with Crippen LogP contribution in [0.15, 0.2) is 4.52 Å². The number of rotatable bonds is 5. The molecule has 0 aromatic carbocycles. The fraction of sp³-hybridized carbons (Fsp3) is 0.812. The summed E-state index contributed by atoms with van der Waals surface area (Å²) in [6, 6.07) is 0.982. The van der Waals surface area contributed by atoms with E-state index in [9.17, 15) is 4.79 Å². The number of hydrogen-bond donors (Lipinski definition) is 0. The number of nitrogens with zero attached hydrogens (tertiary/aromatic N) is 4. The molecular weight excluding hydrogens is 280 g/mol. The molecule has 0 aliphatic carbocycles. The van der Waals surface area contributed by atoms with Gasteiger partial charge < -0.3 is 14.3 Å². The molecule has 3 heterocycles. The fourth-order valence-corrected chi connectivity index (χ4v) is 3.90. The molecule has 1 aromatic rings. The molecule has 1 amide bonds. The summed E-state index contributed by atoms with van der Waals surface area (Å²) in [6.07, 6.45) is 6.84. The van der Waals surface area contributed by atoms with Crippen LogP contribution in [0.5, 0.6) is 0 Å². The van der Waals surface area contributed by atoms with E-state index in [1.54, 1.807) is 0 Å². The van der Waals surface area contributed by atoms with E-state index in [0.29, 0.717) is 42.5 Å². The Bertz CT molecular complexity index is 516. The van der Waals surface area contributed by atoms with E-state index in [1.807, 2.05) is 6.92 Å². The highest BCUT2D eigenvalue weighted by molar-refractivity contribution is 5.76. The molecule has 2 aliphatic heterocycles. The van der Waals surface area contributed by atoms with Crippen molar-refractivity contribution in [1.29, 1.82) is 0 Å². The number of likely N-dealkylation sites (tertiary alicyclic amines) is 2. The quantitative estimate of drug-likeness (QED) is 0.830. The molecule has 0 saturated carbocycles. The highest BCUT2D eigenvalue weighted by Crippen LogP contribution is 2.29. The lowest BCUT2D eigenvalue weighted by Gasteiger charge is -2.33. The molecular formula is C16H26N4O2. The molecule has 0 unspecified atom stereocenters. The van der Waals surface area contributed by atoms with Crippen molar-refractivity contribution < 1.29 is 9.32 Å². The SMILES string of the molecule is Cc1noc(CCCC(=O)N2CCC[C@H]2[C@@H]2CCCN2C)n1. The van der Waals surface area contributed by atoms with Crippen LogP contribution in [0.4, 0.5) is 0 Å². The van der Waals surface area contributed by atoms with Crippen LogP contribution < -0.4 is 0 Å². The van der Waals surface area contributed by atoms with E-state index in [4.69, 9.17) is 4.52 Å². The monoisotopic (exact) mass is 306 g/mol. The van der Waals surface area contributed by atoms with Crippen LogP contribution in [0.3, 0.4) is 0 Å². The van der Waals surface area contributed by atoms with Crippen molar-refractivity contribution in [2.75, 3.05) is 20.1 Å². The Labute approximate surface area is 131 Å². The van der Waals surface area contributed by atoms with Gasteiger partial charge in [-0.2, -0.15) is 4.98 Å². The predicted octanol–water partition coefficient (Wildman–Crippen LogP) is 1.79. The molecule has 2 saturated heterocycles. The van der Waals surface area contributed by atoms with Crippen molar-refractivity contribution in [3.8, 4) is 0 Å². The van der Waals surface area contributed by atoms with Gasteiger partial charge in [0.25, 0.3) is 0 Å². The Hall–Kier alpha value is -1.43. The highest BCUT2D eigenvalue weighted by Gasteiger charge is 2.37. The number of carbonyl (C=O) groups is 1. The minimum absolute atomic E-state index is 0.291. The second kappa shape index (κ2) is 6.77. The van der Waals surface area contributed by atoms with E-state index in [0.717, 1.165) is 25.8 Å². The summed E-state index contributed by atoms with van der Waals surface area (Å²) in [4.78, 5) is 21.3. The zero-order chi connectivity index (χ0) is 15.5. The second-order valence-corrected chi connectivity index (χ2v) is 6.58. The van der Waals surface area contributed by atoms with Crippen LogP contribution in [0.1, 0.15) is 50.2 Å². The molecule has 1 aromatic heterocycles. The summed E-state index contributed by atoms with van der Waals surface area (Å²) in [5.74, 6) is 1.59. The molecule has 22 heavy (non-hydrogen) atoms. The standard InChI is InChI=1S/C16H26N4O2/c1-12-17-15(22-18-12)8-3-9-16(21)20-11-5-7-14(20)13-6-4-10-19(13)2/h13-14H,3-11H2,1-2H3/t13-,14-/m0/s1. The number of aryl methyl sites for hydroxylation is 2. The summed E-state index contributed by atoms with van der Waals surface area (Å²) in [5, 5.41) is 3.78. The highest BCUT2D eigenvalue weighted by atomic mass is 16.5. The van der Waals surface area contributed by atoms with Crippen LogP contribution in [-0.4, -0.2) is 58.1 Å². The van der Waals surface area contributed by atoms with Gasteiger partial charge in [-0.15, -0.1) is 0 Å². The van der Waals surface area contributed by atoms with Crippen molar-refractivity contribution in [3.63, 3.8) is 0 Å². The molecule has 0 radical (unpaired) electrons. The number of likely N-dealkylation sites (N-methyl/N-ethyl adjacent to an activating group) is 1. The van der Waals surface area contributed by atoms with Gasteiger partial charge in [0.15, 0.2) is 5.82 Å². The zero-order valence-corrected chi connectivity index (χ0v) is 13.6. The van der Waals surface area contributed by atoms with Gasteiger partial charge in [-0.25, -0.2) is 0 Å². The van der Waals surface area contributed by atoms with Crippen LogP contribution >= 0.6 is 0 Å². The van der Waals surface area contributed by atoms with E-state index >= 15 is 0 Å². The Balaban J connectivity index is 1.50. The molecule has 0 spiro atoms. The number of carbonyl (C=O) groups excluding carboxylic acids is 1. The lowest BCUT2D eigenvalue weighted by molar-refractivity contribution is -0.133. The van der Waals surface area contributed by atoms with Crippen LogP contribution in [-0.2, 0) is 11.2 Å². The first kappa shape index (κ1) is 15.5. The lowest BCUT2D eigenvalue weighted by Crippen LogP contribution is -2.47. The topological polar surface area (TPSA) is 62.5 Å². The maximum Gasteiger partial charge on any atom is 0.226 e. The van der Waals surface area contributed by atoms with Crippen LogP contribution in [0.25, 0.3) is 0 Å². The van der Waals surface area contributed by atoms with E-state index in [-0.39, 0.29) is 0 Å². The molecule has 6 heteroatoms. The third kappa shape index (κ3) is 3.32. The first-order valence-corrected chi connectivity index (χ1v) is 8.44. The fourth-order valence-electron chi connectivity index (χ4n) is 3.90.